The van der Waals surface area contributed by atoms with Gasteiger partial charge in [-0.15, -0.1) is 0 Å². The minimum atomic E-state index is -0.863. The van der Waals surface area contributed by atoms with Crippen LogP contribution in [0.3, 0.4) is 0 Å². The molecule has 0 radical (unpaired) electrons. The van der Waals surface area contributed by atoms with Crippen LogP contribution in [-0.2, 0) is 4.79 Å². The van der Waals surface area contributed by atoms with Crippen LogP contribution in [0.1, 0.15) is 52.9 Å². The van der Waals surface area contributed by atoms with Crippen LogP contribution in [0.25, 0.3) is 0 Å². The highest BCUT2D eigenvalue weighted by molar-refractivity contribution is 5.76. The van der Waals surface area contributed by atoms with Crippen molar-refractivity contribution < 1.29 is 14.7 Å². The number of urea groups is 1. The number of carbonyl (C=O) groups excluding carboxylic acids is 1. The van der Waals surface area contributed by atoms with E-state index in [0.29, 0.717) is 6.42 Å². The monoisotopic (exact) mass is 270 g/mol. The highest BCUT2D eigenvalue weighted by Crippen LogP contribution is 2.28. The number of carbonyl (C=O) groups is 2. The van der Waals surface area contributed by atoms with Crippen molar-refractivity contribution in [1.29, 1.82) is 0 Å². The van der Waals surface area contributed by atoms with Gasteiger partial charge in [-0.3, -0.25) is 4.79 Å². The van der Waals surface area contributed by atoms with Gasteiger partial charge in [0.05, 0.1) is 6.42 Å². The number of rotatable bonds is 5. The Morgan fingerprint density at radius 3 is 2.63 bits per heavy atom. The number of aliphatic carboxylic acids is 1. The summed E-state index contributed by atoms with van der Waals surface area (Å²) in [5.74, 6) is -0.863. The molecule has 2 N–H and O–H groups in total. The van der Waals surface area contributed by atoms with Crippen LogP contribution >= 0.6 is 0 Å². The summed E-state index contributed by atoms with van der Waals surface area (Å²) in [5.41, 5.74) is 0.155. The number of likely N-dealkylation sites (tertiary alicyclic amines) is 1. The third-order valence-corrected chi connectivity index (χ3v) is 3.57. The highest BCUT2D eigenvalue weighted by atomic mass is 16.4. The third-order valence-electron chi connectivity index (χ3n) is 3.57. The maximum absolute atomic E-state index is 12.2. The van der Waals surface area contributed by atoms with E-state index >= 15 is 0 Å². The molecule has 110 valence electrons. The molecule has 1 aliphatic rings. The van der Waals surface area contributed by atoms with E-state index in [4.69, 9.17) is 5.11 Å². The van der Waals surface area contributed by atoms with E-state index in [1.165, 1.54) is 0 Å². The molecule has 1 aliphatic heterocycles. The second-order valence-corrected chi connectivity index (χ2v) is 6.22. The maximum atomic E-state index is 12.2. The van der Waals surface area contributed by atoms with Gasteiger partial charge < -0.3 is 15.3 Å². The number of hydrogen-bond acceptors (Lipinski definition) is 2. The predicted octanol–water partition coefficient (Wildman–Crippen LogP) is 2.46. The molecule has 1 unspecified atom stereocenters. The highest BCUT2D eigenvalue weighted by Gasteiger charge is 2.30. The van der Waals surface area contributed by atoms with Crippen molar-refractivity contribution in [1.82, 2.24) is 10.2 Å². The topological polar surface area (TPSA) is 69.6 Å². The summed E-state index contributed by atoms with van der Waals surface area (Å²) in [6.07, 6.45) is 3.71. The van der Waals surface area contributed by atoms with Crippen molar-refractivity contribution in [2.45, 2.75) is 58.9 Å². The van der Waals surface area contributed by atoms with E-state index in [1.54, 1.807) is 0 Å². The number of hydrogen-bond donors (Lipinski definition) is 2. The van der Waals surface area contributed by atoms with Gasteiger partial charge in [0.15, 0.2) is 0 Å². The Morgan fingerprint density at radius 2 is 2.11 bits per heavy atom. The standard InChI is InChI=1S/C14H26N2O3/c1-4-6-11(9-12(17)18)15-13(19)16-8-5-7-14(2,3)10-16/h11H,4-10H2,1-3H3,(H,15,19)(H,17,18). The van der Waals surface area contributed by atoms with E-state index in [2.05, 4.69) is 19.2 Å². The second-order valence-electron chi connectivity index (χ2n) is 6.22. The Balaban J connectivity index is 2.53. The minimum Gasteiger partial charge on any atom is -0.481 e. The van der Waals surface area contributed by atoms with Crippen molar-refractivity contribution in [3.8, 4) is 0 Å². The first-order valence-electron chi connectivity index (χ1n) is 7.11. The number of amides is 2. The molecule has 0 aromatic carbocycles. The zero-order chi connectivity index (χ0) is 14.5. The smallest absolute Gasteiger partial charge is 0.317 e. The first kappa shape index (κ1) is 15.8. The Labute approximate surface area is 115 Å². The molecule has 19 heavy (non-hydrogen) atoms. The molecule has 0 saturated carbocycles. The lowest BCUT2D eigenvalue weighted by atomic mass is 9.84. The molecule has 5 nitrogen and oxygen atoms in total. The summed E-state index contributed by atoms with van der Waals surface area (Å²) >= 11 is 0. The van der Waals surface area contributed by atoms with E-state index < -0.39 is 5.97 Å². The van der Waals surface area contributed by atoms with Crippen LogP contribution in [0.4, 0.5) is 4.79 Å². The predicted molar refractivity (Wildman–Crippen MR) is 74.1 cm³/mol. The van der Waals surface area contributed by atoms with Crippen LogP contribution < -0.4 is 5.32 Å². The van der Waals surface area contributed by atoms with Gasteiger partial charge in [-0.1, -0.05) is 27.2 Å². The van der Waals surface area contributed by atoms with Crippen LogP contribution in [0.15, 0.2) is 0 Å². The molecule has 0 spiro atoms. The number of carboxylic acids is 1. The van der Waals surface area contributed by atoms with Gasteiger partial charge in [0.2, 0.25) is 0 Å². The Kier molecular flexibility index (Phi) is 5.63. The molecular formula is C14H26N2O3. The molecule has 2 amide bonds. The first-order chi connectivity index (χ1) is 8.84. The molecule has 0 aromatic rings. The van der Waals surface area contributed by atoms with Crippen molar-refractivity contribution >= 4 is 12.0 Å². The summed E-state index contributed by atoms with van der Waals surface area (Å²) in [5, 5.41) is 11.7. The normalized spacial score (nSPS) is 19.8. The zero-order valence-electron chi connectivity index (χ0n) is 12.2. The number of nitrogens with zero attached hydrogens (tertiary/aromatic N) is 1. The molecule has 1 atom stereocenters. The van der Waals surface area contributed by atoms with Gasteiger partial charge in [0, 0.05) is 19.1 Å². The summed E-state index contributed by atoms with van der Waals surface area (Å²) < 4.78 is 0. The van der Waals surface area contributed by atoms with Gasteiger partial charge in [-0.2, -0.15) is 0 Å². The van der Waals surface area contributed by atoms with Crippen LogP contribution in [-0.4, -0.2) is 41.1 Å². The van der Waals surface area contributed by atoms with Gasteiger partial charge in [-0.25, -0.2) is 4.79 Å². The summed E-state index contributed by atoms with van der Waals surface area (Å²) in [6, 6.07) is -0.382. The number of nitrogens with one attached hydrogen (secondary N) is 1. The number of carboxylic acid groups (broad SMARTS) is 1. The van der Waals surface area contributed by atoms with E-state index in [0.717, 1.165) is 32.4 Å². The molecule has 1 rings (SSSR count). The third kappa shape index (κ3) is 5.49. The number of piperidine rings is 1. The van der Waals surface area contributed by atoms with Gasteiger partial charge >= 0.3 is 12.0 Å². The minimum absolute atomic E-state index is 0.00316. The lowest BCUT2D eigenvalue weighted by Gasteiger charge is -2.38. The lowest BCUT2D eigenvalue weighted by molar-refractivity contribution is -0.137. The molecule has 0 bridgehead atoms. The fourth-order valence-electron chi connectivity index (χ4n) is 2.65. The lowest BCUT2D eigenvalue weighted by Crippen LogP contribution is -2.50. The molecule has 1 saturated heterocycles. The molecule has 5 heteroatoms. The molecular weight excluding hydrogens is 244 g/mol. The van der Waals surface area contributed by atoms with Crippen molar-refractivity contribution in [2.75, 3.05) is 13.1 Å². The van der Waals surface area contributed by atoms with Gasteiger partial charge in [0.25, 0.3) is 0 Å². The van der Waals surface area contributed by atoms with Gasteiger partial charge in [-0.05, 0) is 24.7 Å². The fraction of sp³-hybridized carbons (Fsp3) is 0.857. The molecule has 1 fully saturated rings. The van der Waals surface area contributed by atoms with Crippen molar-refractivity contribution in [2.24, 2.45) is 5.41 Å². The van der Waals surface area contributed by atoms with Crippen molar-refractivity contribution in [3.63, 3.8) is 0 Å². The zero-order valence-corrected chi connectivity index (χ0v) is 12.2. The SMILES string of the molecule is CCCC(CC(=O)O)NC(=O)N1CCCC(C)(C)C1. The van der Waals surface area contributed by atoms with Crippen LogP contribution in [0.5, 0.6) is 0 Å². The Hall–Kier alpha value is -1.26. The average Bonchev–Trinajstić information content (AvgIpc) is 2.26. The van der Waals surface area contributed by atoms with E-state index in [-0.39, 0.29) is 23.9 Å². The van der Waals surface area contributed by atoms with E-state index in [1.807, 2.05) is 11.8 Å². The largest absolute Gasteiger partial charge is 0.481 e. The summed E-state index contributed by atoms with van der Waals surface area (Å²) in [6.45, 7) is 7.82. The maximum Gasteiger partial charge on any atom is 0.317 e. The second kappa shape index (κ2) is 6.78. The van der Waals surface area contributed by atoms with Gasteiger partial charge in [0.1, 0.15) is 0 Å². The van der Waals surface area contributed by atoms with Crippen molar-refractivity contribution in [3.05, 3.63) is 0 Å². The average molecular weight is 270 g/mol. The Morgan fingerprint density at radius 1 is 1.42 bits per heavy atom. The molecule has 1 heterocycles. The quantitative estimate of drug-likeness (QED) is 0.806. The first-order valence-corrected chi connectivity index (χ1v) is 7.11. The van der Waals surface area contributed by atoms with Crippen LogP contribution in [0.2, 0.25) is 0 Å². The van der Waals surface area contributed by atoms with Crippen LogP contribution in [0, 0.1) is 5.41 Å². The summed E-state index contributed by atoms with van der Waals surface area (Å²) in [7, 11) is 0. The Bertz CT molecular complexity index is 329. The van der Waals surface area contributed by atoms with E-state index in [9.17, 15) is 9.59 Å². The molecule has 0 aliphatic carbocycles. The summed E-state index contributed by atoms with van der Waals surface area (Å²) in [4.78, 5) is 24.8. The molecule has 0 aromatic heterocycles. The fourth-order valence-corrected chi connectivity index (χ4v) is 2.65.